The van der Waals surface area contributed by atoms with Gasteiger partial charge in [-0.1, -0.05) is 27.7 Å². The Balaban J connectivity index is 4.72. The van der Waals surface area contributed by atoms with Crippen molar-refractivity contribution >= 4 is 11.8 Å². The molecule has 0 aliphatic carbocycles. The molecule has 16 heavy (non-hydrogen) atoms. The van der Waals surface area contributed by atoms with E-state index in [9.17, 15) is 0 Å². The Morgan fingerprint density at radius 2 is 1.44 bits per heavy atom. The Bertz CT molecular complexity index is 217. The van der Waals surface area contributed by atoms with E-state index in [1.54, 1.807) is 0 Å². The van der Waals surface area contributed by atoms with Crippen LogP contribution in [-0.4, -0.2) is 15.7 Å². The Morgan fingerprint density at radius 1 is 0.938 bits per heavy atom. The summed E-state index contributed by atoms with van der Waals surface area (Å²) in [7, 11) is 0. The second-order valence-electron chi connectivity index (χ2n) is 6.31. The van der Waals surface area contributed by atoms with Crippen molar-refractivity contribution in [3.63, 3.8) is 0 Å². The van der Waals surface area contributed by atoms with Gasteiger partial charge in [-0.15, -0.1) is 11.8 Å². The maximum Gasteiger partial charge on any atom is 0.124 e. The minimum atomic E-state index is -0.0738. The molecule has 0 amide bonds. The first-order valence-corrected chi connectivity index (χ1v) is 7.04. The van der Waals surface area contributed by atoms with Crippen LogP contribution >= 0.6 is 11.8 Å². The fourth-order valence-corrected chi connectivity index (χ4v) is 3.17. The van der Waals surface area contributed by atoms with Gasteiger partial charge in [-0.25, -0.2) is 0 Å². The van der Waals surface area contributed by atoms with Crippen molar-refractivity contribution in [1.29, 1.82) is 0 Å². The van der Waals surface area contributed by atoms with Crippen molar-refractivity contribution in [2.45, 2.75) is 77.5 Å². The number of hydrogen-bond donors (Lipinski definition) is 0. The van der Waals surface area contributed by atoms with Crippen molar-refractivity contribution in [3.8, 4) is 0 Å². The first-order chi connectivity index (χ1) is 7.04. The molecule has 0 heterocycles. The molecule has 0 rings (SSSR count). The van der Waals surface area contributed by atoms with Gasteiger partial charge in [-0.3, -0.25) is 0 Å². The Morgan fingerprint density at radius 3 is 1.75 bits per heavy atom. The predicted octanol–water partition coefficient (Wildman–Crippen LogP) is 5.14. The van der Waals surface area contributed by atoms with E-state index >= 15 is 0 Å². The Labute approximate surface area is 106 Å². The molecule has 1 atom stereocenters. The van der Waals surface area contributed by atoms with Crippen molar-refractivity contribution in [3.05, 3.63) is 0 Å². The average molecular weight is 244 g/mol. The smallest absolute Gasteiger partial charge is 0.124 e. The van der Waals surface area contributed by atoms with Crippen LogP contribution in [0.15, 0.2) is 10.2 Å². The summed E-state index contributed by atoms with van der Waals surface area (Å²) in [6.07, 6.45) is 1.08. The largest absolute Gasteiger partial charge is 0.187 e. The van der Waals surface area contributed by atoms with Gasteiger partial charge in [0.05, 0.1) is 5.54 Å². The Kier molecular flexibility index (Phi) is 6.02. The third kappa shape index (κ3) is 8.14. The van der Waals surface area contributed by atoms with Crippen molar-refractivity contribution in [2.75, 3.05) is 0 Å². The predicted molar refractivity (Wildman–Crippen MR) is 75.2 cm³/mol. The molecule has 0 fully saturated rings. The second-order valence-corrected chi connectivity index (χ2v) is 8.37. The van der Waals surface area contributed by atoms with Gasteiger partial charge in [-0.2, -0.15) is 10.2 Å². The molecule has 96 valence electrons. The van der Waals surface area contributed by atoms with Gasteiger partial charge in [0, 0.05) is 5.25 Å². The van der Waals surface area contributed by atoms with Gasteiger partial charge in [0.25, 0.3) is 0 Å². The third-order valence-electron chi connectivity index (χ3n) is 1.84. The molecule has 2 nitrogen and oxygen atoms in total. The molecule has 0 aromatic carbocycles. The molecule has 0 aromatic heterocycles. The highest BCUT2D eigenvalue weighted by atomic mass is 32.2. The third-order valence-corrected chi connectivity index (χ3v) is 3.07. The van der Waals surface area contributed by atoms with Crippen molar-refractivity contribution < 1.29 is 0 Å². The highest BCUT2D eigenvalue weighted by Crippen LogP contribution is 2.37. The molecule has 0 spiro atoms. The molecule has 0 saturated carbocycles. The molecule has 0 aliphatic heterocycles. The van der Waals surface area contributed by atoms with E-state index in [4.69, 9.17) is 0 Å². The standard InChI is InChI=1S/C13H28N2S/c1-10(2)9-13(8,16-11(3)4)15-14-12(5,6)7/h10-11H,9H2,1-8H3. The summed E-state index contributed by atoms with van der Waals surface area (Å²) in [5.41, 5.74) is -0.0736. The number of rotatable bonds is 5. The van der Waals surface area contributed by atoms with Crippen LogP contribution < -0.4 is 0 Å². The summed E-state index contributed by atoms with van der Waals surface area (Å²) in [4.78, 5) is -0.0738. The summed E-state index contributed by atoms with van der Waals surface area (Å²) < 4.78 is 0. The van der Waals surface area contributed by atoms with Crippen LogP contribution in [0, 0.1) is 5.92 Å². The van der Waals surface area contributed by atoms with Gasteiger partial charge in [0.2, 0.25) is 0 Å². The minimum absolute atomic E-state index is 0.0736. The molecule has 0 aromatic rings. The quantitative estimate of drug-likeness (QED) is 0.614. The summed E-state index contributed by atoms with van der Waals surface area (Å²) >= 11 is 1.91. The van der Waals surface area contributed by atoms with Gasteiger partial charge >= 0.3 is 0 Å². The lowest BCUT2D eigenvalue weighted by atomic mass is 10.1. The lowest BCUT2D eigenvalue weighted by Gasteiger charge is -2.28. The SMILES string of the molecule is CC(C)CC(C)(N=NC(C)(C)C)SC(C)C. The fraction of sp³-hybridized carbons (Fsp3) is 1.00. The fourth-order valence-electron chi connectivity index (χ4n) is 1.63. The number of hydrogen-bond acceptors (Lipinski definition) is 3. The van der Waals surface area contributed by atoms with Gasteiger partial charge in [0.15, 0.2) is 0 Å². The molecule has 0 radical (unpaired) electrons. The molecular weight excluding hydrogens is 216 g/mol. The van der Waals surface area contributed by atoms with E-state index in [1.807, 2.05) is 11.8 Å². The monoisotopic (exact) mass is 244 g/mol. The first kappa shape index (κ1) is 16.0. The zero-order valence-corrected chi connectivity index (χ0v) is 13.0. The van der Waals surface area contributed by atoms with Crippen LogP contribution in [0.5, 0.6) is 0 Å². The molecule has 3 heteroatoms. The first-order valence-electron chi connectivity index (χ1n) is 6.16. The molecule has 0 aliphatic rings. The van der Waals surface area contributed by atoms with E-state index in [0.29, 0.717) is 11.2 Å². The van der Waals surface area contributed by atoms with E-state index < -0.39 is 0 Å². The zero-order valence-electron chi connectivity index (χ0n) is 12.2. The molecule has 1 unspecified atom stereocenters. The van der Waals surface area contributed by atoms with Crippen molar-refractivity contribution in [2.24, 2.45) is 16.1 Å². The summed E-state index contributed by atoms with van der Waals surface area (Å²) in [5, 5.41) is 9.62. The number of thioether (sulfide) groups is 1. The number of azo groups is 1. The zero-order chi connectivity index (χ0) is 13.0. The van der Waals surface area contributed by atoms with Gasteiger partial charge in [-0.05, 0) is 40.0 Å². The highest BCUT2D eigenvalue weighted by Gasteiger charge is 2.27. The van der Waals surface area contributed by atoms with E-state index in [-0.39, 0.29) is 10.4 Å². The van der Waals surface area contributed by atoms with Gasteiger partial charge in [0.1, 0.15) is 4.87 Å². The summed E-state index contributed by atoms with van der Waals surface area (Å²) in [6.45, 7) is 17.4. The average Bonchev–Trinajstić information content (AvgIpc) is 1.96. The van der Waals surface area contributed by atoms with E-state index in [2.05, 4.69) is 65.6 Å². The van der Waals surface area contributed by atoms with E-state index in [0.717, 1.165) is 6.42 Å². The van der Waals surface area contributed by atoms with Gasteiger partial charge < -0.3 is 0 Å². The number of nitrogens with zero attached hydrogens (tertiary/aromatic N) is 2. The topological polar surface area (TPSA) is 24.7 Å². The summed E-state index contributed by atoms with van der Waals surface area (Å²) in [6, 6.07) is 0. The summed E-state index contributed by atoms with van der Waals surface area (Å²) in [5.74, 6) is 0.648. The maximum absolute atomic E-state index is 4.60. The molecular formula is C13H28N2S. The normalized spacial score (nSPS) is 17.4. The van der Waals surface area contributed by atoms with Crippen LogP contribution in [0.1, 0.15) is 61.8 Å². The second kappa shape index (κ2) is 6.04. The van der Waals surface area contributed by atoms with Crippen LogP contribution in [0.4, 0.5) is 0 Å². The van der Waals surface area contributed by atoms with Crippen LogP contribution in [-0.2, 0) is 0 Å². The lowest BCUT2D eigenvalue weighted by molar-refractivity contribution is 0.440. The lowest BCUT2D eigenvalue weighted by Crippen LogP contribution is -2.23. The van der Waals surface area contributed by atoms with E-state index in [1.165, 1.54) is 0 Å². The Hall–Kier alpha value is -0.0500. The molecule has 0 bridgehead atoms. The molecule has 0 saturated heterocycles. The highest BCUT2D eigenvalue weighted by molar-refractivity contribution is 8.01. The maximum atomic E-state index is 4.60. The minimum Gasteiger partial charge on any atom is -0.187 e. The van der Waals surface area contributed by atoms with Crippen LogP contribution in [0.3, 0.4) is 0 Å². The van der Waals surface area contributed by atoms with Crippen molar-refractivity contribution in [1.82, 2.24) is 0 Å². The van der Waals surface area contributed by atoms with Crippen LogP contribution in [0.2, 0.25) is 0 Å². The molecule has 0 N–H and O–H groups in total. The van der Waals surface area contributed by atoms with Crippen LogP contribution in [0.25, 0.3) is 0 Å².